The number of sulfone groups is 1. The Morgan fingerprint density at radius 2 is 1.67 bits per heavy atom. The summed E-state index contributed by atoms with van der Waals surface area (Å²) in [6, 6.07) is 13.7. The Bertz CT molecular complexity index is 1020. The van der Waals surface area contributed by atoms with Gasteiger partial charge in [-0.05, 0) is 57.2 Å². The smallest absolute Gasteiger partial charge is 0.234 e. The monoisotopic (exact) mass is 386 g/mol. The lowest BCUT2D eigenvalue weighted by Crippen LogP contribution is -2.13. The van der Waals surface area contributed by atoms with E-state index in [4.69, 9.17) is 9.15 Å². The zero-order valence-electron chi connectivity index (χ0n) is 15.7. The zero-order chi connectivity index (χ0) is 19.6. The molecule has 142 valence electrons. The number of hydrogen-bond donors (Lipinski definition) is 1. The van der Waals surface area contributed by atoms with E-state index in [2.05, 4.69) is 10.3 Å². The average molecular weight is 386 g/mol. The minimum atomic E-state index is -3.82. The highest BCUT2D eigenvalue weighted by atomic mass is 32.2. The van der Waals surface area contributed by atoms with Crippen LogP contribution in [0.15, 0.2) is 62.9 Å². The van der Waals surface area contributed by atoms with E-state index in [1.807, 2.05) is 20.8 Å². The number of oxazole rings is 1. The zero-order valence-corrected chi connectivity index (χ0v) is 16.5. The number of hydrogen-bond acceptors (Lipinski definition) is 6. The van der Waals surface area contributed by atoms with E-state index < -0.39 is 9.84 Å². The summed E-state index contributed by atoms with van der Waals surface area (Å²) in [6.07, 6.45) is 0. The third-order valence-electron chi connectivity index (χ3n) is 3.94. The van der Waals surface area contributed by atoms with Crippen LogP contribution in [0.25, 0.3) is 11.5 Å². The van der Waals surface area contributed by atoms with Crippen LogP contribution in [-0.4, -0.2) is 26.6 Å². The Morgan fingerprint density at radius 1 is 1.04 bits per heavy atom. The Hall–Kier alpha value is -2.80. The van der Waals surface area contributed by atoms with Crippen molar-refractivity contribution in [3.05, 3.63) is 54.1 Å². The van der Waals surface area contributed by atoms with Crippen molar-refractivity contribution in [3.8, 4) is 17.2 Å². The number of ether oxygens (including phenoxy) is 1. The second kappa shape index (κ2) is 7.44. The normalized spacial score (nSPS) is 11.6. The van der Waals surface area contributed by atoms with E-state index in [-0.39, 0.29) is 27.7 Å². The van der Waals surface area contributed by atoms with E-state index in [1.165, 1.54) is 0 Å². The first-order valence-corrected chi connectivity index (χ1v) is 10.0. The maximum atomic E-state index is 13.1. The van der Waals surface area contributed by atoms with Gasteiger partial charge in [0.25, 0.3) is 0 Å². The highest BCUT2D eigenvalue weighted by molar-refractivity contribution is 7.91. The van der Waals surface area contributed by atoms with Crippen LogP contribution < -0.4 is 10.1 Å². The van der Waals surface area contributed by atoms with Crippen LogP contribution in [0.1, 0.15) is 19.4 Å². The molecule has 0 fully saturated rings. The number of nitrogens with one attached hydrogen (secondary N) is 1. The fourth-order valence-corrected chi connectivity index (χ4v) is 3.79. The molecule has 1 N–H and O–H groups in total. The van der Waals surface area contributed by atoms with Gasteiger partial charge in [-0.1, -0.05) is 17.7 Å². The minimum absolute atomic E-state index is 0.0198. The van der Waals surface area contributed by atoms with Crippen molar-refractivity contribution < 1.29 is 17.6 Å². The molecule has 1 aromatic heterocycles. The van der Waals surface area contributed by atoms with Gasteiger partial charge in [0.1, 0.15) is 5.75 Å². The maximum absolute atomic E-state index is 13.1. The molecule has 0 aliphatic rings. The van der Waals surface area contributed by atoms with Crippen LogP contribution in [-0.2, 0) is 9.84 Å². The van der Waals surface area contributed by atoms with Crippen molar-refractivity contribution in [2.45, 2.75) is 36.7 Å². The Morgan fingerprint density at radius 3 is 2.22 bits per heavy atom. The van der Waals surface area contributed by atoms with Crippen LogP contribution in [0.4, 0.5) is 5.88 Å². The molecule has 27 heavy (non-hydrogen) atoms. The summed E-state index contributed by atoms with van der Waals surface area (Å²) in [6.45, 7) is 5.70. The van der Waals surface area contributed by atoms with Crippen LogP contribution in [0, 0.1) is 6.92 Å². The number of methoxy groups -OCH3 is 1. The molecule has 0 radical (unpaired) electrons. The fraction of sp³-hybridized carbons (Fsp3) is 0.250. The van der Waals surface area contributed by atoms with Gasteiger partial charge in [-0.3, -0.25) is 0 Å². The van der Waals surface area contributed by atoms with Gasteiger partial charge < -0.3 is 14.5 Å². The molecule has 0 aliphatic carbocycles. The van der Waals surface area contributed by atoms with Crippen LogP contribution in [0.3, 0.4) is 0 Å². The molecule has 0 atom stereocenters. The number of aromatic nitrogens is 1. The van der Waals surface area contributed by atoms with Gasteiger partial charge in [0.05, 0.1) is 12.0 Å². The highest BCUT2D eigenvalue weighted by Crippen LogP contribution is 2.33. The van der Waals surface area contributed by atoms with Crippen molar-refractivity contribution in [2.75, 3.05) is 12.4 Å². The van der Waals surface area contributed by atoms with E-state index >= 15 is 0 Å². The molecule has 0 bridgehead atoms. The van der Waals surface area contributed by atoms with Crippen LogP contribution in [0.5, 0.6) is 5.75 Å². The molecule has 1 heterocycles. The number of nitrogens with zero attached hydrogens (tertiary/aromatic N) is 1. The Balaban J connectivity index is 2.10. The summed E-state index contributed by atoms with van der Waals surface area (Å²) in [5, 5.41) is 2.92. The lowest BCUT2D eigenvalue weighted by Gasteiger charge is -2.08. The summed E-state index contributed by atoms with van der Waals surface area (Å²) in [5.41, 5.74) is 1.64. The van der Waals surface area contributed by atoms with E-state index in [9.17, 15) is 8.42 Å². The predicted octanol–water partition coefficient (Wildman–Crippen LogP) is 4.31. The Labute approximate surface area is 159 Å². The maximum Gasteiger partial charge on any atom is 0.234 e. The first-order valence-electron chi connectivity index (χ1n) is 8.55. The minimum Gasteiger partial charge on any atom is -0.497 e. The van der Waals surface area contributed by atoms with E-state index in [0.29, 0.717) is 11.3 Å². The van der Waals surface area contributed by atoms with Gasteiger partial charge in [-0.2, -0.15) is 4.98 Å². The first kappa shape index (κ1) is 19.0. The van der Waals surface area contributed by atoms with Crippen LogP contribution in [0.2, 0.25) is 0 Å². The molecule has 0 spiro atoms. The molecule has 6 nitrogen and oxygen atoms in total. The number of benzene rings is 2. The number of rotatable bonds is 6. The fourth-order valence-electron chi connectivity index (χ4n) is 2.53. The van der Waals surface area contributed by atoms with Crippen LogP contribution >= 0.6 is 0 Å². The third kappa shape index (κ3) is 3.98. The quantitative estimate of drug-likeness (QED) is 0.680. The molecule has 2 aromatic carbocycles. The van der Waals surface area contributed by atoms with Crippen molar-refractivity contribution in [1.29, 1.82) is 0 Å². The third-order valence-corrected chi connectivity index (χ3v) is 5.62. The van der Waals surface area contributed by atoms with E-state index in [1.54, 1.807) is 55.6 Å². The summed E-state index contributed by atoms with van der Waals surface area (Å²) in [5.74, 6) is 1.06. The largest absolute Gasteiger partial charge is 0.497 e. The second-order valence-corrected chi connectivity index (χ2v) is 8.36. The van der Waals surface area contributed by atoms with Crippen molar-refractivity contribution in [2.24, 2.45) is 0 Å². The van der Waals surface area contributed by atoms with Gasteiger partial charge >= 0.3 is 0 Å². The molecule has 7 heteroatoms. The lowest BCUT2D eigenvalue weighted by atomic mass is 10.2. The molecular weight excluding hydrogens is 364 g/mol. The summed E-state index contributed by atoms with van der Waals surface area (Å²) in [4.78, 5) is 4.48. The average Bonchev–Trinajstić information content (AvgIpc) is 3.06. The predicted molar refractivity (Wildman–Crippen MR) is 104 cm³/mol. The molecule has 3 aromatic rings. The molecule has 3 rings (SSSR count). The molecular formula is C20H22N2O4S. The summed E-state index contributed by atoms with van der Waals surface area (Å²) < 4.78 is 37.1. The summed E-state index contributed by atoms with van der Waals surface area (Å²) >= 11 is 0. The second-order valence-electron chi connectivity index (χ2n) is 6.50. The molecule has 0 unspecified atom stereocenters. The number of aryl methyl sites for hydroxylation is 1. The van der Waals surface area contributed by atoms with Gasteiger partial charge in [0.15, 0.2) is 0 Å². The van der Waals surface area contributed by atoms with Gasteiger partial charge in [0, 0.05) is 11.6 Å². The standard InChI is InChI=1S/C20H22N2O4S/c1-13(2)21-19-20(27(23,24)17-11-5-14(3)6-12-17)22-18(26-19)15-7-9-16(25-4)10-8-15/h5-13,21H,1-4H3. The first-order chi connectivity index (χ1) is 12.8. The summed E-state index contributed by atoms with van der Waals surface area (Å²) in [7, 11) is -2.24. The van der Waals surface area contributed by atoms with Crippen molar-refractivity contribution in [1.82, 2.24) is 4.98 Å². The SMILES string of the molecule is COc1ccc(-c2nc(S(=O)(=O)c3ccc(C)cc3)c(NC(C)C)o2)cc1. The Kier molecular flexibility index (Phi) is 5.23. The van der Waals surface area contributed by atoms with Crippen molar-refractivity contribution >= 4 is 15.7 Å². The van der Waals surface area contributed by atoms with Gasteiger partial charge in [-0.25, -0.2) is 8.42 Å². The topological polar surface area (TPSA) is 81.4 Å². The highest BCUT2D eigenvalue weighted by Gasteiger charge is 2.28. The molecule has 0 saturated carbocycles. The molecule has 0 aliphatic heterocycles. The molecule has 0 amide bonds. The van der Waals surface area contributed by atoms with Gasteiger partial charge in [0.2, 0.25) is 26.6 Å². The number of anilines is 1. The molecule has 0 saturated heterocycles. The van der Waals surface area contributed by atoms with E-state index in [0.717, 1.165) is 5.56 Å². The lowest BCUT2D eigenvalue weighted by molar-refractivity contribution is 0.415. The van der Waals surface area contributed by atoms with Gasteiger partial charge in [-0.15, -0.1) is 0 Å². The van der Waals surface area contributed by atoms with Crippen molar-refractivity contribution in [3.63, 3.8) is 0 Å².